The first-order valence-electron chi connectivity index (χ1n) is 9.80. The molecular weight excluding hydrogens is 424 g/mol. The number of nitrogens with zero attached hydrogens (tertiary/aromatic N) is 2. The minimum atomic E-state index is -0.563. The number of ketones is 3. The van der Waals surface area contributed by atoms with Gasteiger partial charge in [-0.3, -0.25) is 14.4 Å². The molecule has 0 aliphatic rings. The summed E-state index contributed by atoms with van der Waals surface area (Å²) in [5.74, 6) is -1.64. The SMILES string of the molecule is O=C(C(C(=O)c1ccccc1)=C(C(=O)c1ccc(Cl)cc1)n1cccn1)c1ccccc1. The normalized spacial score (nSPS) is 10.4. The van der Waals surface area contributed by atoms with Crippen LogP contribution in [0.1, 0.15) is 31.1 Å². The molecule has 1 aromatic heterocycles. The largest absolute Gasteiger partial charge is 0.288 e. The van der Waals surface area contributed by atoms with E-state index >= 15 is 0 Å². The van der Waals surface area contributed by atoms with Gasteiger partial charge in [-0.15, -0.1) is 0 Å². The van der Waals surface area contributed by atoms with Crippen LogP contribution in [0.3, 0.4) is 0 Å². The molecule has 0 saturated carbocycles. The number of Topliss-reactive ketones (excluding diaryl/α,β-unsaturated/α-hetero) is 3. The fourth-order valence-corrected chi connectivity index (χ4v) is 3.38. The molecule has 0 aliphatic heterocycles. The molecule has 0 aliphatic carbocycles. The van der Waals surface area contributed by atoms with E-state index in [4.69, 9.17) is 11.6 Å². The maximum absolute atomic E-state index is 13.6. The second-order valence-corrected chi connectivity index (χ2v) is 7.34. The van der Waals surface area contributed by atoms with E-state index in [0.29, 0.717) is 16.1 Å². The minimum Gasteiger partial charge on any atom is -0.288 e. The molecule has 156 valence electrons. The zero-order chi connectivity index (χ0) is 22.5. The maximum atomic E-state index is 13.6. The van der Waals surface area contributed by atoms with Crippen LogP contribution in [0.5, 0.6) is 0 Å². The molecule has 0 radical (unpaired) electrons. The highest BCUT2D eigenvalue weighted by Crippen LogP contribution is 2.25. The van der Waals surface area contributed by atoms with Crippen LogP contribution >= 0.6 is 11.6 Å². The van der Waals surface area contributed by atoms with Gasteiger partial charge in [0.25, 0.3) is 0 Å². The van der Waals surface area contributed by atoms with Crippen LogP contribution in [0.4, 0.5) is 0 Å². The van der Waals surface area contributed by atoms with Crippen LogP contribution in [0.15, 0.2) is 109 Å². The van der Waals surface area contributed by atoms with Gasteiger partial charge in [0.1, 0.15) is 11.3 Å². The molecule has 3 aromatic carbocycles. The number of benzene rings is 3. The van der Waals surface area contributed by atoms with Crippen molar-refractivity contribution in [2.75, 3.05) is 0 Å². The number of halogens is 1. The van der Waals surface area contributed by atoms with Crippen molar-refractivity contribution >= 4 is 34.6 Å². The van der Waals surface area contributed by atoms with Gasteiger partial charge in [0, 0.05) is 34.1 Å². The van der Waals surface area contributed by atoms with Gasteiger partial charge in [-0.25, -0.2) is 4.68 Å². The third-order valence-electron chi connectivity index (χ3n) is 4.82. The molecule has 32 heavy (non-hydrogen) atoms. The van der Waals surface area contributed by atoms with Crippen LogP contribution in [0.2, 0.25) is 5.02 Å². The number of carbonyl (C=O) groups excluding carboxylic acids is 3. The van der Waals surface area contributed by atoms with E-state index in [1.54, 1.807) is 91.0 Å². The summed E-state index contributed by atoms with van der Waals surface area (Å²) in [6, 6.07) is 24.6. The smallest absolute Gasteiger partial charge is 0.212 e. The van der Waals surface area contributed by atoms with E-state index in [1.165, 1.54) is 17.1 Å². The highest BCUT2D eigenvalue weighted by molar-refractivity contribution is 6.42. The predicted octanol–water partition coefficient (Wildman–Crippen LogP) is 5.40. The van der Waals surface area contributed by atoms with Gasteiger partial charge in [-0.2, -0.15) is 5.10 Å². The lowest BCUT2D eigenvalue weighted by Gasteiger charge is -2.14. The second kappa shape index (κ2) is 9.37. The van der Waals surface area contributed by atoms with Crippen molar-refractivity contribution in [2.45, 2.75) is 0 Å². The van der Waals surface area contributed by atoms with Gasteiger partial charge < -0.3 is 0 Å². The first-order chi connectivity index (χ1) is 15.6. The Labute approximate surface area is 189 Å². The van der Waals surface area contributed by atoms with Crippen molar-refractivity contribution in [1.29, 1.82) is 0 Å². The summed E-state index contributed by atoms with van der Waals surface area (Å²) in [5.41, 5.74) is 0.478. The number of allylic oxidation sites excluding steroid dienone is 2. The Kier molecular flexibility index (Phi) is 6.19. The average Bonchev–Trinajstić information content (AvgIpc) is 3.37. The molecule has 1 heterocycles. The van der Waals surface area contributed by atoms with E-state index in [0.717, 1.165) is 0 Å². The zero-order valence-corrected chi connectivity index (χ0v) is 17.6. The van der Waals surface area contributed by atoms with Gasteiger partial charge in [0.15, 0.2) is 11.6 Å². The highest BCUT2D eigenvalue weighted by Gasteiger charge is 2.30. The fourth-order valence-electron chi connectivity index (χ4n) is 3.26. The maximum Gasteiger partial charge on any atom is 0.212 e. The van der Waals surface area contributed by atoms with Gasteiger partial charge in [0.05, 0.1) is 0 Å². The molecule has 4 aromatic rings. The molecule has 0 N–H and O–H groups in total. The summed E-state index contributed by atoms with van der Waals surface area (Å²) >= 11 is 5.97. The van der Waals surface area contributed by atoms with Gasteiger partial charge in [-0.05, 0) is 30.3 Å². The Hall–Kier alpha value is -4.09. The minimum absolute atomic E-state index is 0.125. The predicted molar refractivity (Wildman–Crippen MR) is 123 cm³/mol. The third-order valence-corrected chi connectivity index (χ3v) is 5.07. The van der Waals surface area contributed by atoms with Crippen molar-refractivity contribution in [3.8, 4) is 0 Å². The summed E-state index contributed by atoms with van der Waals surface area (Å²) in [5, 5.41) is 4.63. The molecule has 0 unspecified atom stereocenters. The molecule has 0 amide bonds. The van der Waals surface area contributed by atoms with Crippen LogP contribution in [0, 0.1) is 0 Å². The molecule has 0 fully saturated rings. The third kappa shape index (κ3) is 4.33. The number of carbonyl (C=O) groups is 3. The Bertz CT molecular complexity index is 1240. The molecular formula is C26H17ClN2O3. The quantitative estimate of drug-likeness (QED) is 0.167. The zero-order valence-electron chi connectivity index (χ0n) is 16.8. The first kappa shape index (κ1) is 21.2. The van der Waals surface area contributed by atoms with E-state index in [9.17, 15) is 14.4 Å². The topological polar surface area (TPSA) is 69.0 Å². The van der Waals surface area contributed by atoms with Gasteiger partial charge >= 0.3 is 0 Å². The van der Waals surface area contributed by atoms with Crippen molar-refractivity contribution in [3.63, 3.8) is 0 Å². The monoisotopic (exact) mass is 440 g/mol. The Morgan fingerprint density at radius 2 is 1.12 bits per heavy atom. The number of hydrogen-bond acceptors (Lipinski definition) is 4. The van der Waals surface area contributed by atoms with E-state index < -0.39 is 17.3 Å². The summed E-state index contributed by atoms with van der Waals surface area (Å²) < 4.78 is 1.26. The van der Waals surface area contributed by atoms with Gasteiger partial charge in [0.2, 0.25) is 5.78 Å². The van der Waals surface area contributed by atoms with E-state index in [-0.39, 0.29) is 16.8 Å². The summed E-state index contributed by atoms with van der Waals surface area (Å²) in [6.45, 7) is 0. The first-order valence-corrected chi connectivity index (χ1v) is 10.2. The van der Waals surface area contributed by atoms with E-state index in [1.807, 2.05) is 0 Å². The summed E-state index contributed by atoms with van der Waals surface area (Å²) in [6.07, 6.45) is 3.01. The number of aromatic nitrogens is 2. The number of hydrogen-bond donors (Lipinski definition) is 0. The van der Waals surface area contributed by atoms with E-state index in [2.05, 4.69) is 5.10 Å². The van der Waals surface area contributed by atoms with Crippen LogP contribution in [-0.2, 0) is 0 Å². The van der Waals surface area contributed by atoms with Crippen molar-refractivity contribution < 1.29 is 14.4 Å². The van der Waals surface area contributed by atoms with Crippen LogP contribution < -0.4 is 0 Å². The molecule has 0 saturated heterocycles. The van der Waals surface area contributed by atoms with Crippen molar-refractivity contribution in [1.82, 2.24) is 9.78 Å². The second-order valence-electron chi connectivity index (χ2n) is 6.90. The standard InChI is InChI=1S/C26H17ClN2O3/c27-21-14-12-20(13-15-21)26(32)23(29-17-7-16-28-29)22(24(30)18-8-3-1-4-9-18)25(31)19-10-5-2-6-11-19/h1-17H. The van der Waals surface area contributed by atoms with Crippen LogP contribution in [-0.4, -0.2) is 27.1 Å². The number of rotatable bonds is 7. The lowest BCUT2D eigenvalue weighted by atomic mass is 9.91. The fraction of sp³-hybridized carbons (Fsp3) is 0. The Balaban J connectivity index is 1.99. The Morgan fingerprint density at radius 3 is 1.59 bits per heavy atom. The lowest BCUT2D eigenvalue weighted by Crippen LogP contribution is -2.22. The molecule has 0 bridgehead atoms. The highest BCUT2D eigenvalue weighted by atomic mass is 35.5. The van der Waals surface area contributed by atoms with Crippen molar-refractivity contribution in [2.24, 2.45) is 0 Å². The molecule has 5 nitrogen and oxygen atoms in total. The van der Waals surface area contributed by atoms with Crippen molar-refractivity contribution in [3.05, 3.63) is 131 Å². The average molecular weight is 441 g/mol. The lowest BCUT2D eigenvalue weighted by molar-refractivity contribution is 0.0950. The summed E-state index contributed by atoms with van der Waals surface area (Å²) in [4.78, 5) is 40.8. The van der Waals surface area contributed by atoms with Gasteiger partial charge in [-0.1, -0.05) is 72.3 Å². The summed E-state index contributed by atoms with van der Waals surface area (Å²) in [7, 11) is 0. The molecule has 0 atom stereocenters. The molecule has 6 heteroatoms. The molecule has 4 rings (SSSR count). The Morgan fingerprint density at radius 1 is 0.625 bits per heavy atom. The molecule has 0 spiro atoms. The van der Waals surface area contributed by atoms with Crippen LogP contribution in [0.25, 0.3) is 5.70 Å².